The maximum atomic E-state index is 10.7. The maximum absolute atomic E-state index is 10.7. The van der Waals surface area contributed by atoms with Crippen LogP contribution < -0.4 is 0 Å². The van der Waals surface area contributed by atoms with Gasteiger partial charge in [0.1, 0.15) is 5.75 Å². The number of aromatic hydroxyl groups is 1. The Bertz CT molecular complexity index is 967. The summed E-state index contributed by atoms with van der Waals surface area (Å²) >= 11 is 0. The molecule has 2 N–H and O–H groups in total. The number of hydrogen-bond acceptors (Lipinski definition) is 5. The molecule has 0 aliphatic rings. The average Bonchev–Trinajstić information content (AvgIpc) is 2.55. The molecule has 0 aromatic heterocycles. The molecule has 0 fully saturated rings. The number of rotatable bonds is 3. The Hall–Kier alpha value is -2.97. The van der Waals surface area contributed by atoms with E-state index in [1.807, 2.05) is 36.4 Å². The van der Waals surface area contributed by atoms with Crippen molar-refractivity contribution >= 4 is 20.9 Å². The molecule has 130 valence electrons. The first-order valence-corrected chi connectivity index (χ1v) is 8.62. The minimum absolute atomic E-state index is 0.0694. The van der Waals surface area contributed by atoms with Crippen molar-refractivity contribution in [2.75, 3.05) is 0 Å². The van der Waals surface area contributed by atoms with E-state index in [1.165, 1.54) is 24.3 Å². The van der Waals surface area contributed by atoms with E-state index in [0.29, 0.717) is 5.75 Å². The van der Waals surface area contributed by atoms with Crippen LogP contribution in [-0.4, -0.2) is 23.0 Å². The Labute approximate surface area is 144 Å². The molecular formula is C17H15NO6S. The molecule has 7 nitrogen and oxygen atoms in total. The third-order valence-electron chi connectivity index (χ3n) is 3.32. The molecule has 1 unspecified atom stereocenters. The lowest BCUT2D eigenvalue weighted by Crippen LogP contribution is -2.20. The largest absolute Gasteiger partial charge is 0.507 e. The second-order valence-electron chi connectivity index (χ2n) is 5.06. The van der Waals surface area contributed by atoms with Crippen LogP contribution in [0.25, 0.3) is 10.8 Å². The van der Waals surface area contributed by atoms with E-state index in [1.54, 1.807) is 12.1 Å². The molecule has 0 bridgehead atoms. The van der Waals surface area contributed by atoms with Crippen LogP contribution >= 0.6 is 0 Å². The van der Waals surface area contributed by atoms with Crippen molar-refractivity contribution in [1.82, 2.24) is 0 Å². The lowest BCUT2D eigenvalue weighted by atomic mass is 10.1. The summed E-state index contributed by atoms with van der Waals surface area (Å²) in [6.07, 6.45) is 0. The van der Waals surface area contributed by atoms with E-state index in [-0.39, 0.29) is 5.56 Å². The smallest absolute Gasteiger partial charge is 0.359 e. The first-order chi connectivity index (χ1) is 11.8. The Kier molecular flexibility index (Phi) is 5.68. The first kappa shape index (κ1) is 18.4. The van der Waals surface area contributed by atoms with Gasteiger partial charge in [-0.05, 0) is 11.5 Å². The van der Waals surface area contributed by atoms with Crippen molar-refractivity contribution in [2.24, 2.45) is 0 Å². The maximum Gasteiger partial charge on any atom is 0.359 e. The molecular weight excluding hydrogens is 346 g/mol. The van der Waals surface area contributed by atoms with Gasteiger partial charge in [0.2, 0.25) is 0 Å². The zero-order valence-electron chi connectivity index (χ0n) is 12.9. The van der Waals surface area contributed by atoms with Gasteiger partial charge in [-0.1, -0.05) is 66.7 Å². The molecule has 0 radical (unpaired) electrons. The molecule has 25 heavy (non-hydrogen) atoms. The summed E-state index contributed by atoms with van der Waals surface area (Å²) in [6, 6.07) is 20.3. The monoisotopic (exact) mass is 361 g/mol. The number of hydrogen-bond donors (Lipinski definition) is 2. The highest BCUT2D eigenvalue weighted by Crippen LogP contribution is 2.23. The number of benzene rings is 3. The van der Waals surface area contributed by atoms with Gasteiger partial charge in [0.05, 0.1) is 0 Å². The fourth-order valence-electron chi connectivity index (χ4n) is 2.23. The van der Waals surface area contributed by atoms with Crippen molar-refractivity contribution in [3.05, 3.63) is 88.5 Å². The van der Waals surface area contributed by atoms with Crippen molar-refractivity contribution in [1.29, 1.82) is 0 Å². The van der Waals surface area contributed by atoms with Crippen LogP contribution in [0.15, 0.2) is 72.8 Å². The highest BCUT2D eigenvalue weighted by molar-refractivity contribution is 7.85. The normalized spacial score (nSPS) is 12.0. The van der Waals surface area contributed by atoms with Crippen molar-refractivity contribution in [3.63, 3.8) is 0 Å². The number of nitrogens with zero attached hydrogens (tertiary/aromatic N) is 1. The van der Waals surface area contributed by atoms with E-state index < -0.39 is 20.4 Å². The molecule has 3 aromatic rings. The molecule has 1 atom stereocenters. The van der Waals surface area contributed by atoms with Crippen LogP contribution in [0.4, 0.5) is 0 Å². The predicted octanol–water partition coefficient (Wildman–Crippen LogP) is 3.40. The quantitative estimate of drug-likeness (QED) is 0.419. The number of phenolic OH excluding ortho intramolecular Hbond substituents is 1. The van der Waals surface area contributed by atoms with Crippen LogP contribution in [0.5, 0.6) is 5.75 Å². The van der Waals surface area contributed by atoms with Gasteiger partial charge in [0.25, 0.3) is 0 Å². The Morgan fingerprint density at radius 3 is 2.00 bits per heavy atom. The molecule has 0 aliphatic heterocycles. The van der Waals surface area contributed by atoms with Crippen LogP contribution in [0.2, 0.25) is 0 Å². The van der Waals surface area contributed by atoms with E-state index in [9.17, 15) is 23.6 Å². The molecule has 0 saturated carbocycles. The SMILES string of the molecule is O=[N+]([O-])C(c1ccccc1)S(=O)(=O)O.Oc1cccc2ccccc12. The summed E-state index contributed by atoms with van der Waals surface area (Å²) < 4.78 is 30.0. The number of nitro groups is 1. The number of fused-ring (bicyclic) bond motifs is 1. The Morgan fingerprint density at radius 1 is 0.880 bits per heavy atom. The molecule has 0 spiro atoms. The van der Waals surface area contributed by atoms with Crippen LogP contribution in [0.3, 0.4) is 0 Å². The summed E-state index contributed by atoms with van der Waals surface area (Å²) in [7, 11) is -4.72. The van der Waals surface area contributed by atoms with E-state index in [2.05, 4.69) is 0 Å². The van der Waals surface area contributed by atoms with E-state index in [0.717, 1.165) is 10.8 Å². The predicted molar refractivity (Wildman–Crippen MR) is 93.3 cm³/mol. The second kappa shape index (κ2) is 7.73. The van der Waals surface area contributed by atoms with Gasteiger partial charge in [-0.25, -0.2) is 0 Å². The average molecular weight is 361 g/mol. The second-order valence-corrected chi connectivity index (χ2v) is 6.54. The van der Waals surface area contributed by atoms with Gasteiger partial charge < -0.3 is 5.11 Å². The van der Waals surface area contributed by atoms with Gasteiger partial charge >= 0.3 is 15.5 Å². The molecule has 0 saturated heterocycles. The topological polar surface area (TPSA) is 118 Å². The summed E-state index contributed by atoms with van der Waals surface area (Å²) in [6.45, 7) is 0. The highest BCUT2D eigenvalue weighted by Gasteiger charge is 2.36. The standard InChI is InChI=1S/C10H8O.C7H7NO5S/c11-10-7-3-5-8-4-1-2-6-9(8)10;9-8(10)7(14(11,12)13)6-4-2-1-3-5-6/h1-7,11H;1-5,7H,(H,11,12,13). The van der Waals surface area contributed by atoms with Crippen molar-refractivity contribution in [3.8, 4) is 5.75 Å². The van der Waals surface area contributed by atoms with E-state index >= 15 is 0 Å². The first-order valence-electron chi connectivity index (χ1n) is 7.12. The Morgan fingerprint density at radius 2 is 1.44 bits per heavy atom. The fourth-order valence-corrected chi connectivity index (χ4v) is 2.95. The lowest BCUT2D eigenvalue weighted by molar-refractivity contribution is -0.503. The molecule has 3 rings (SSSR count). The summed E-state index contributed by atoms with van der Waals surface area (Å²) in [4.78, 5) is 9.36. The van der Waals surface area contributed by atoms with Gasteiger partial charge in [0, 0.05) is 15.9 Å². The third kappa shape index (κ3) is 4.75. The summed E-state index contributed by atoms with van der Waals surface area (Å²) in [5.74, 6) is 0.350. The molecule has 8 heteroatoms. The van der Waals surface area contributed by atoms with Gasteiger partial charge in [-0.3, -0.25) is 14.7 Å². The van der Waals surface area contributed by atoms with Crippen molar-refractivity contribution in [2.45, 2.75) is 5.37 Å². The lowest BCUT2D eigenvalue weighted by Gasteiger charge is -2.05. The molecule has 0 heterocycles. The van der Waals surface area contributed by atoms with Crippen LogP contribution in [0, 0.1) is 10.1 Å². The summed E-state index contributed by atoms with van der Waals surface area (Å²) in [5.41, 5.74) is -0.0694. The number of phenols is 1. The fraction of sp³-hybridized carbons (Fsp3) is 0.0588. The van der Waals surface area contributed by atoms with Crippen LogP contribution in [0.1, 0.15) is 10.9 Å². The zero-order chi connectivity index (χ0) is 18.4. The Balaban J connectivity index is 0.000000185. The third-order valence-corrected chi connectivity index (χ3v) is 4.33. The van der Waals surface area contributed by atoms with Gasteiger partial charge in [0.15, 0.2) is 0 Å². The van der Waals surface area contributed by atoms with Gasteiger partial charge in [-0.2, -0.15) is 8.42 Å². The van der Waals surface area contributed by atoms with Crippen molar-refractivity contribution < 1.29 is 23.0 Å². The minimum Gasteiger partial charge on any atom is -0.507 e. The molecule has 3 aromatic carbocycles. The summed E-state index contributed by atoms with van der Waals surface area (Å²) in [5, 5.41) is 19.7. The highest BCUT2D eigenvalue weighted by atomic mass is 32.2. The zero-order valence-corrected chi connectivity index (χ0v) is 13.7. The molecule has 0 aliphatic carbocycles. The van der Waals surface area contributed by atoms with Gasteiger partial charge in [-0.15, -0.1) is 0 Å². The molecule has 0 amide bonds. The van der Waals surface area contributed by atoms with E-state index in [4.69, 9.17) is 4.55 Å². The minimum atomic E-state index is -4.72. The van der Waals surface area contributed by atoms with Crippen LogP contribution in [-0.2, 0) is 10.1 Å².